The maximum Gasteiger partial charge on any atom is 0.232 e. The van der Waals surface area contributed by atoms with Gasteiger partial charge >= 0.3 is 0 Å². The number of nitrogens with zero attached hydrogens (tertiary/aromatic N) is 1. The summed E-state index contributed by atoms with van der Waals surface area (Å²) in [7, 11) is -3.35. The molecule has 0 radical (unpaired) electrons. The number of amides is 1. The fraction of sp³-hybridized carbons (Fsp3) is 0.269. The summed E-state index contributed by atoms with van der Waals surface area (Å²) in [5.41, 5.74) is 2.69. The van der Waals surface area contributed by atoms with Gasteiger partial charge in [0.2, 0.25) is 15.9 Å². The van der Waals surface area contributed by atoms with Crippen LogP contribution in [0.2, 0.25) is 5.02 Å². The van der Waals surface area contributed by atoms with E-state index in [9.17, 15) is 18.0 Å². The second kappa shape index (κ2) is 9.79. The third-order valence-electron chi connectivity index (χ3n) is 6.30. The van der Waals surface area contributed by atoms with Crippen molar-refractivity contribution in [3.05, 3.63) is 88.1 Å². The van der Waals surface area contributed by atoms with Crippen LogP contribution < -0.4 is 10.0 Å². The molecule has 0 bridgehead atoms. The smallest absolute Gasteiger partial charge is 0.232 e. The number of anilines is 2. The number of carbonyl (C=O) groups is 2. The standard InChI is InChI=1S/C26H26ClN3O4S/c1-3-35(33,34)30-20-10-4-17(5-11-20)16-24(31)29-23-13-12-21-22(28-23)14-15-26(2,25(21)32)18-6-8-19(27)9-7-18/h4-13,30H,3,14-16H2,1-2H3,(H,28,29,31). The molecule has 0 aliphatic heterocycles. The van der Waals surface area contributed by atoms with E-state index in [-0.39, 0.29) is 23.9 Å². The van der Waals surface area contributed by atoms with Crippen LogP contribution in [0.3, 0.4) is 0 Å². The van der Waals surface area contributed by atoms with Crippen LogP contribution >= 0.6 is 11.6 Å². The van der Waals surface area contributed by atoms with E-state index in [1.807, 2.05) is 19.1 Å². The van der Waals surface area contributed by atoms with Crippen LogP contribution in [0, 0.1) is 0 Å². The fourth-order valence-corrected chi connectivity index (χ4v) is 4.92. The molecule has 4 rings (SSSR count). The lowest BCUT2D eigenvalue weighted by Crippen LogP contribution is -2.37. The monoisotopic (exact) mass is 511 g/mol. The Balaban J connectivity index is 1.42. The number of aromatic nitrogens is 1. The third kappa shape index (κ3) is 5.55. The first kappa shape index (κ1) is 24.9. The number of aryl methyl sites for hydroxylation is 1. The van der Waals surface area contributed by atoms with Crippen molar-refractivity contribution in [3.63, 3.8) is 0 Å². The number of nitrogens with one attached hydrogen (secondary N) is 2. The van der Waals surface area contributed by atoms with Crippen LogP contribution in [0.15, 0.2) is 60.7 Å². The summed E-state index contributed by atoms with van der Waals surface area (Å²) in [6, 6.07) is 17.4. The normalized spacial score (nSPS) is 17.5. The Hall–Kier alpha value is -3.23. The molecule has 0 saturated carbocycles. The summed E-state index contributed by atoms with van der Waals surface area (Å²) >= 11 is 6.00. The molecule has 1 aliphatic rings. The second-order valence-electron chi connectivity index (χ2n) is 8.79. The number of halogens is 1. The number of ketones is 1. The molecule has 3 aromatic rings. The van der Waals surface area contributed by atoms with Crippen molar-refractivity contribution < 1.29 is 18.0 Å². The Morgan fingerprint density at radius 3 is 2.40 bits per heavy atom. The maximum absolute atomic E-state index is 13.3. The van der Waals surface area contributed by atoms with Crippen molar-refractivity contribution in [3.8, 4) is 0 Å². The lowest BCUT2D eigenvalue weighted by Gasteiger charge is -2.33. The van der Waals surface area contributed by atoms with E-state index in [1.165, 1.54) is 0 Å². The number of sulfonamides is 1. The summed E-state index contributed by atoms with van der Waals surface area (Å²) in [6.07, 6.45) is 1.32. The van der Waals surface area contributed by atoms with Gasteiger partial charge in [0.15, 0.2) is 5.78 Å². The number of Topliss-reactive ketones (excluding diaryl/α,β-unsaturated/α-hetero) is 1. The molecule has 1 amide bonds. The Labute approximate surface area is 210 Å². The summed E-state index contributed by atoms with van der Waals surface area (Å²) < 4.78 is 25.8. The molecular formula is C26H26ClN3O4S. The van der Waals surface area contributed by atoms with Gasteiger partial charge in [-0.3, -0.25) is 14.3 Å². The number of hydrogen-bond acceptors (Lipinski definition) is 5. The predicted octanol–water partition coefficient (Wildman–Crippen LogP) is 4.76. The van der Waals surface area contributed by atoms with Crippen molar-refractivity contribution in [2.45, 2.75) is 38.5 Å². The molecule has 1 aromatic heterocycles. The van der Waals surface area contributed by atoms with Gasteiger partial charge in [0, 0.05) is 16.3 Å². The topological polar surface area (TPSA) is 105 Å². The van der Waals surface area contributed by atoms with Gasteiger partial charge in [-0.25, -0.2) is 13.4 Å². The predicted molar refractivity (Wildman–Crippen MR) is 138 cm³/mol. The first-order valence-electron chi connectivity index (χ1n) is 11.3. The van der Waals surface area contributed by atoms with E-state index in [0.29, 0.717) is 40.6 Å². The van der Waals surface area contributed by atoms with Gasteiger partial charge in [0.25, 0.3) is 0 Å². The summed E-state index contributed by atoms with van der Waals surface area (Å²) in [5.74, 6) is 0.123. The van der Waals surface area contributed by atoms with E-state index >= 15 is 0 Å². The van der Waals surface area contributed by atoms with Gasteiger partial charge < -0.3 is 5.32 Å². The van der Waals surface area contributed by atoms with E-state index in [2.05, 4.69) is 15.0 Å². The molecule has 9 heteroatoms. The zero-order valence-corrected chi connectivity index (χ0v) is 21.0. The number of carbonyl (C=O) groups excluding carboxylic acids is 2. The van der Waals surface area contributed by atoms with Crippen LogP contribution in [0.4, 0.5) is 11.5 Å². The molecule has 1 atom stereocenters. The van der Waals surface area contributed by atoms with Crippen LogP contribution in [0.1, 0.15) is 47.4 Å². The van der Waals surface area contributed by atoms with E-state index in [4.69, 9.17) is 11.6 Å². The molecule has 2 aromatic carbocycles. The minimum Gasteiger partial charge on any atom is -0.310 e. The average molecular weight is 512 g/mol. The van der Waals surface area contributed by atoms with Gasteiger partial charge in [-0.15, -0.1) is 0 Å². The van der Waals surface area contributed by atoms with Gasteiger partial charge in [-0.2, -0.15) is 0 Å². The van der Waals surface area contributed by atoms with Crippen molar-refractivity contribution in [1.82, 2.24) is 4.98 Å². The molecule has 0 saturated heterocycles. The highest BCUT2D eigenvalue weighted by atomic mass is 35.5. The summed E-state index contributed by atoms with van der Waals surface area (Å²) in [5, 5.41) is 3.41. The van der Waals surface area contributed by atoms with Gasteiger partial charge in [0.1, 0.15) is 5.82 Å². The zero-order chi connectivity index (χ0) is 25.2. The average Bonchev–Trinajstić information content (AvgIpc) is 2.83. The molecule has 35 heavy (non-hydrogen) atoms. The van der Waals surface area contributed by atoms with Crippen LogP contribution in [-0.2, 0) is 33.1 Å². The molecule has 1 unspecified atom stereocenters. The molecule has 0 spiro atoms. The molecule has 2 N–H and O–H groups in total. The number of pyridine rings is 1. The van der Waals surface area contributed by atoms with Crippen molar-refractivity contribution in [2.75, 3.05) is 15.8 Å². The first-order valence-corrected chi connectivity index (χ1v) is 13.3. The number of hydrogen-bond donors (Lipinski definition) is 2. The largest absolute Gasteiger partial charge is 0.310 e. The highest BCUT2D eigenvalue weighted by Gasteiger charge is 2.40. The number of rotatable bonds is 7. The third-order valence-corrected chi connectivity index (χ3v) is 7.86. The fourth-order valence-electron chi connectivity index (χ4n) is 4.16. The number of fused-ring (bicyclic) bond motifs is 1. The maximum atomic E-state index is 13.3. The van der Waals surface area contributed by atoms with Gasteiger partial charge in [-0.05, 0) is 74.2 Å². The molecule has 1 aliphatic carbocycles. The van der Waals surface area contributed by atoms with Crippen LogP contribution in [0.25, 0.3) is 0 Å². The summed E-state index contributed by atoms with van der Waals surface area (Å²) in [4.78, 5) is 30.4. The van der Waals surface area contributed by atoms with Crippen LogP contribution in [-0.4, -0.2) is 30.8 Å². The molecular weight excluding hydrogens is 486 g/mol. The zero-order valence-electron chi connectivity index (χ0n) is 19.5. The lowest BCUT2D eigenvalue weighted by molar-refractivity contribution is -0.115. The number of benzene rings is 2. The SMILES string of the molecule is CCS(=O)(=O)Nc1ccc(CC(=O)Nc2ccc3c(n2)CCC(C)(c2ccc(Cl)cc2)C3=O)cc1. The minimum absolute atomic E-state index is 0.00485. The summed E-state index contributed by atoms with van der Waals surface area (Å²) in [6.45, 7) is 3.50. The van der Waals surface area contributed by atoms with Crippen LogP contribution in [0.5, 0.6) is 0 Å². The molecule has 182 valence electrons. The Morgan fingerprint density at radius 2 is 1.74 bits per heavy atom. The van der Waals surface area contributed by atoms with Gasteiger partial charge in [0.05, 0.1) is 23.3 Å². The minimum atomic E-state index is -3.35. The van der Waals surface area contributed by atoms with Crippen molar-refractivity contribution in [1.29, 1.82) is 0 Å². The highest BCUT2D eigenvalue weighted by molar-refractivity contribution is 7.92. The van der Waals surface area contributed by atoms with E-state index in [1.54, 1.807) is 55.5 Å². The Bertz CT molecular complexity index is 1370. The molecule has 1 heterocycles. The molecule has 0 fully saturated rings. The second-order valence-corrected chi connectivity index (χ2v) is 11.2. The Kier molecular flexibility index (Phi) is 6.96. The van der Waals surface area contributed by atoms with E-state index < -0.39 is 15.4 Å². The van der Waals surface area contributed by atoms with E-state index in [0.717, 1.165) is 11.1 Å². The lowest BCUT2D eigenvalue weighted by atomic mass is 9.69. The van der Waals surface area contributed by atoms with Gasteiger partial charge in [-0.1, -0.05) is 35.9 Å². The Morgan fingerprint density at radius 1 is 1.06 bits per heavy atom. The highest BCUT2D eigenvalue weighted by Crippen LogP contribution is 2.38. The molecule has 7 nitrogen and oxygen atoms in total. The van der Waals surface area contributed by atoms with Crippen molar-refractivity contribution in [2.24, 2.45) is 0 Å². The first-order chi connectivity index (χ1) is 16.6. The quantitative estimate of drug-likeness (QED) is 0.475. The van der Waals surface area contributed by atoms with Crippen molar-refractivity contribution >= 4 is 44.8 Å².